The molecule has 0 saturated carbocycles. The second kappa shape index (κ2) is 8.00. The number of nitrogens with one attached hydrogen (secondary N) is 1. The first-order chi connectivity index (χ1) is 13.4. The molecule has 3 rings (SSSR count). The number of esters is 1. The average molecular weight is 404 g/mol. The van der Waals surface area contributed by atoms with E-state index in [4.69, 9.17) is 14.7 Å². The zero-order valence-corrected chi connectivity index (χ0v) is 16.3. The summed E-state index contributed by atoms with van der Waals surface area (Å²) in [5, 5.41) is 13.3. The second-order valence-corrected chi connectivity index (χ2v) is 8.03. The van der Waals surface area contributed by atoms with Crippen LogP contribution in [0, 0.1) is 11.3 Å². The molecule has 28 heavy (non-hydrogen) atoms. The van der Waals surface area contributed by atoms with Crippen molar-refractivity contribution in [3.05, 3.63) is 41.2 Å². The number of aryl methyl sites for hydroxylation is 1. The quantitative estimate of drug-likeness (QED) is 0.753. The summed E-state index contributed by atoms with van der Waals surface area (Å²) in [4.78, 5) is 12.3. The van der Waals surface area contributed by atoms with E-state index in [0.717, 1.165) is 0 Å². The minimum atomic E-state index is -4.00. The van der Waals surface area contributed by atoms with Gasteiger partial charge in [0.1, 0.15) is 5.69 Å². The molecule has 10 heteroatoms. The fourth-order valence-electron chi connectivity index (χ4n) is 3.13. The van der Waals surface area contributed by atoms with Crippen molar-refractivity contribution in [1.29, 1.82) is 5.26 Å². The molecule has 1 aliphatic heterocycles. The zero-order chi connectivity index (χ0) is 20.3. The van der Waals surface area contributed by atoms with Crippen LogP contribution < -0.4 is 4.72 Å². The first kappa shape index (κ1) is 19.9. The topological polar surface area (TPSA) is 123 Å². The molecule has 9 nitrogen and oxygen atoms in total. The summed E-state index contributed by atoms with van der Waals surface area (Å²) in [6.45, 7) is 1.08. The van der Waals surface area contributed by atoms with Gasteiger partial charge in [0.05, 0.1) is 29.3 Å². The Labute approximate surface area is 162 Å². The number of methoxy groups -OCH3 is 1. The number of carbonyl (C=O) groups is 1. The molecule has 0 spiro atoms. The lowest BCUT2D eigenvalue weighted by atomic mass is 9.95. The Kier molecular flexibility index (Phi) is 5.67. The highest BCUT2D eigenvalue weighted by Gasteiger charge is 2.31. The number of nitriles is 1. The third-order valence-electron chi connectivity index (χ3n) is 4.59. The molecule has 1 N–H and O–H groups in total. The first-order valence-corrected chi connectivity index (χ1v) is 10.1. The summed E-state index contributed by atoms with van der Waals surface area (Å²) in [5.74, 6) is -0.733. The summed E-state index contributed by atoms with van der Waals surface area (Å²) >= 11 is 0. The predicted molar refractivity (Wildman–Crippen MR) is 99.3 cm³/mol. The third kappa shape index (κ3) is 3.85. The number of sulfonamides is 1. The van der Waals surface area contributed by atoms with Gasteiger partial charge in [-0.05, 0) is 37.1 Å². The Morgan fingerprint density at radius 2 is 1.96 bits per heavy atom. The maximum atomic E-state index is 12.9. The van der Waals surface area contributed by atoms with Gasteiger partial charge >= 0.3 is 5.97 Å². The molecule has 0 radical (unpaired) electrons. The molecule has 148 valence electrons. The summed E-state index contributed by atoms with van der Waals surface area (Å²) in [6.07, 6.45) is 1.34. The standard InChI is InChI=1S/C18H20N4O5S/c1-22-17(18(23)26-2)16(15(20-22)13-7-9-27-10-8-13)21-28(24,25)14-5-3-12(11-19)4-6-14/h3-6,13,21H,7-10H2,1-2H3. The van der Waals surface area contributed by atoms with E-state index in [1.165, 1.54) is 36.1 Å². The third-order valence-corrected chi connectivity index (χ3v) is 5.96. The van der Waals surface area contributed by atoms with Gasteiger partial charge in [-0.25, -0.2) is 13.2 Å². The van der Waals surface area contributed by atoms with Gasteiger partial charge in [-0.2, -0.15) is 10.4 Å². The smallest absolute Gasteiger partial charge is 0.358 e. The van der Waals surface area contributed by atoms with Crippen LogP contribution in [0.15, 0.2) is 29.2 Å². The molecule has 0 amide bonds. The monoisotopic (exact) mass is 404 g/mol. The minimum Gasteiger partial charge on any atom is -0.464 e. The number of hydrogen-bond donors (Lipinski definition) is 1. The van der Waals surface area contributed by atoms with Gasteiger partial charge in [-0.15, -0.1) is 0 Å². The molecular weight excluding hydrogens is 384 g/mol. The highest BCUT2D eigenvalue weighted by atomic mass is 32.2. The second-order valence-electron chi connectivity index (χ2n) is 6.35. The van der Waals surface area contributed by atoms with Gasteiger partial charge in [0.15, 0.2) is 5.69 Å². The molecule has 0 atom stereocenters. The molecule has 2 heterocycles. The summed E-state index contributed by atoms with van der Waals surface area (Å²) in [6, 6.07) is 7.44. The number of ether oxygens (including phenoxy) is 2. The summed E-state index contributed by atoms with van der Waals surface area (Å²) in [5.41, 5.74) is 0.980. The Morgan fingerprint density at radius 1 is 1.32 bits per heavy atom. The number of hydrogen-bond acceptors (Lipinski definition) is 7. The number of nitrogens with zero attached hydrogens (tertiary/aromatic N) is 3. The average Bonchev–Trinajstić information content (AvgIpc) is 3.03. The molecule has 0 unspecified atom stereocenters. The first-order valence-electron chi connectivity index (χ1n) is 8.63. The van der Waals surface area contributed by atoms with Crippen LogP contribution in [0.1, 0.15) is 40.5 Å². The highest BCUT2D eigenvalue weighted by molar-refractivity contribution is 7.92. The van der Waals surface area contributed by atoms with E-state index in [1.54, 1.807) is 7.05 Å². The van der Waals surface area contributed by atoms with Crippen LogP contribution >= 0.6 is 0 Å². The largest absolute Gasteiger partial charge is 0.464 e. The van der Waals surface area contributed by atoms with Crippen molar-refractivity contribution in [2.45, 2.75) is 23.7 Å². The van der Waals surface area contributed by atoms with E-state index < -0.39 is 16.0 Å². The van der Waals surface area contributed by atoms with Crippen LogP contribution in [0.2, 0.25) is 0 Å². The Bertz CT molecular complexity index is 1020. The molecule has 1 saturated heterocycles. The van der Waals surface area contributed by atoms with Crippen LogP contribution in [0.5, 0.6) is 0 Å². The number of rotatable bonds is 5. The molecular formula is C18H20N4O5S. The van der Waals surface area contributed by atoms with E-state index >= 15 is 0 Å². The van der Waals surface area contributed by atoms with Crippen molar-refractivity contribution in [3.63, 3.8) is 0 Å². The van der Waals surface area contributed by atoms with Crippen molar-refractivity contribution >= 4 is 21.7 Å². The van der Waals surface area contributed by atoms with Gasteiger partial charge in [-0.3, -0.25) is 9.40 Å². The van der Waals surface area contributed by atoms with Gasteiger partial charge in [-0.1, -0.05) is 0 Å². The molecule has 2 aromatic rings. The number of aromatic nitrogens is 2. The number of benzene rings is 1. The molecule has 0 bridgehead atoms. The zero-order valence-electron chi connectivity index (χ0n) is 15.5. The summed E-state index contributed by atoms with van der Waals surface area (Å²) in [7, 11) is -1.21. The predicted octanol–water partition coefficient (Wildman–Crippen LogP) is 1.77. The van der Waals surface area contributed by atoms with Crippen molar-refractivity contribution in [3.8, 4) is 6.07 Å². The molecule has 1 aromatic heterocycles. The van der Waals surface area contributed by atoms with Crippen molar-refractivity contribution in [1.82, 2.24) is 9.78 Å². The normalized spacial score (nSPS) is 15.0. The lowest BCUT2D eigenvalue weighted by Gasteiger charge is -2.21. The molecule has 0 aliphatic carbocycles. The van der Waals surface area contributed by atoms with Crippen LogP contribution in [-0.2, 0) is 26.5 Å². The molecule has 1 aromatic carbocycles. The number of carbonyl (C=O) groups excluding carboxylic acids is 1. The van der Waals surface area contributed by atoms with Crippen molar-refractivity contribution in [2.75, 3.05) is 25.0 Å². The van der Waals surface area contributed by atoms with Gasteiger partial charge in [0.25, 0.3) is 10.0 Å². The van der Waals surface area contributed by atoms with E-state index in [1.807, 2.05) is 6.07 Å². The van der Waals surface area contributed by atoms with Crippen LogP contribution in [0.3, 0.4) is 0 Å². The van der Waals surface area contributed by atoms with Gasteiger partial charge in [0.2, 0.25) is 0 Å². The Balaban J connectivity index is 2.05. The van der Waals surface area contributed by atoms with Crippen LogP contribution in [0.4, 0.5) is 5.69 Å². The van der Waals surface area contributed by atoms with E-state index in [0.29, 0.717) is 37.3 Å². The SMILES string of the molecule is COC(=O)c1c(NS(=O)(=O)c2ccc(C#N)cc2)c(C2CCOCC2)nn1C. The van der Waals surface area contributed by atoms with Crippen molar-refractivity contribution < 1.29 is 22.7 Å². The maximum Gasteiger partial charge on any atom is 0.358 e. The van der Waals surface area contributed by atoms with Crippen LogP contribution in [-0.4, -0.2) is 44.5 Å². The Hall–Kier alpha value is -2.90. The maximum absolute atomic E-state index is 12.9. The van der Waals surface area contributed by atoms with E-state index in [2.05, 4.69) is 9.82 Å². The lowest BCUT2D eigenvalue weighted by molar-refractivity contribution is 0.0589. The summed E-state index contributed by atoms with van der Waals surface area (Å²) < 4.78 is 39.8. The fourth-order valence-corrected chi connectivity index (χ4v) is 4.22. The van der Waals surface area contributed by atoms with E-state index in [-0.39, 0.29) is 22.2 Å². The molecule has 1 fully saturated rings. The van der Waals surface area contributed by atoms with E-state index in [9.17, 15) is 13.2 Å². The van der Waals surface area contributed by atoms with Gasteiger partial charge in [0, 0.05) is 26.2 Å². The fraction of sp³-hybridized carbons (Fsp3) is 0.389. The highest BCUT2D eigenvalue weighted by Crippen LogP contribution is 2.35. The molecule has 1 aliphatic rings. The number of anilines is 1. The van der Waals surface area contributed by atoms with Crippen LogP contribution in [0.25, 0.3) is 0 Å². The minimum absolute atomic E-state index is 0.0240. The van der Waals surface area contributed by atoms with Crippen molar-refractivity contribution in [2.24, 2.45) is 7.05 Å². The Morgan fingerprint density at radius 3 is 2.54 bits per heavy atom. The lowest BCUT2D eigenvalue weighted by Crippen LogP contribution is -2.19. The van der Waals surface area contributed by atoms with Gasteiger partial charge < -0.3 is 9.47 Å².